The molecular weight excluding hydrogens is 561 g/mol. The molecule has 0 saturated carbocycles. The summed E-state index contributed by atoms with van der Waals surface area (Å²) in [6.45, 7) is 5.94. The van der Waals surface area contributed by atoms with E-state index in [2.05, 4.69) is 14.4 Å². The van der Waals surface area contributed by atoms with Crippen LogP contribution in [0.1, 0.15) is 28.2 Å². The normalized spacial score (nSPS) is 22.0. The van der Waals surface area contributed by atoms with E-state index in [1.54, 1.807) is 36.4 Å². The number of hydrogen-bond acceptors (Lipinski definition) is 7. The Labute approximate surface area is 247 Å². The largest absolute Gasteiger partial charge is 0.478 e. The number of pyridine rings is 1. The van der Waals surface area contributed by atoms with E-state index in [0.29, 0.717) is 41.4 Å². The van der Waals surface area contributed by atoms with Gasteiger partial charge in [0.1, 0.15) is 24.1 Å². The molecule has 0 bridgehead atoms. The molecule has 7 rings (SSSR count). The summed E-state index contributed by atoms with van der Waals surface area (Å²) in [5.74, 6) is 1.94. The highest BCUT2D eigenvalue weighted by Gasteiger charge is 2.41. The maximum absolute atomic E-state index is 14.1. The molecule has 5 heterocycles. The summed E-state index contributed by atoms with van der Waals surface area (Å²) in [5, 5.41) is 9.87. The van der Waals surface area contributed by atoms with E-state index in [1.165, 1.54) is 6.07 Å². The van der Waals surface area contributed by atoms with Gasteiger partial charge in [0.15, 0.2) is 0 Å². The number of aromatic nitrogens is 3. The minimum Gasteiger partial charge on any atom is -0.478 e. The number of nitrogens with zero attached hydrogens (tertiary/aromatic N) is 5. The summed E-state index contributed by atoms with van der Waals surface area (Å²) in [4.78, 5) is 26.0. The molecule has 3 aliphatic rings. The molecule has 0 spiro atoms. The summed E-state index contributed by atoms with van der Waals surface area (Å²) in [6.07, 6.45) is 1.14. The van der Waals surface area contributed by atoms with E-state index in [1.807, 2.05) is 12.1 Å². The number of imidazole rings is 1. The minimum atomic E-state index is -0.940. The van der Waals surface area contributed by atoms with E-state index < -0.39 is 11.8 Å². The van der Waals surface area contributed by atoms with Gasteiger partial charge in [-0.3, -0.25) is 4.90 Å². The molecule has 2 aromatic carbocycles. The lowest BCUT2D eigenvalue weighted by molar-refractivity contribution is -0.0591. The summed E-state index contributed by atoms with van der Waals surface area (Å²) in [5.41, 5.74) is 2.35. The Morgan fingerprint density at radius 2 is 1.88 bits per heavy atom. The van der Waals surface area contributed by atoms with Crippen LogP contribution < -0.4 is 9.64 Å². The standard InChI is InChI=1S/C31H31ClFN5O4/c32-23-6-4-20(25(33)11-23)18-42-30-3-1-2-28(35-30)37-14-21-12-36(13-22(21)15-37)17-29-34-26-7-5-19(31(39)40)10-27(26)38(29)16-24-8-9-41-24/h1-7,10-11,21-22,24H,8-9,12-18H2,(H,39,40). The summed E-state index contributed by atoms with van der Waals surface area (Å²) < 4.78 is 27.8. The number of benzene rings is 2. The molecule has 2 aromatic heterocycles. The molecule has 218 valence electrons. The Bertz CT molecular complexity index is 1630. The van der Waals surface area contributed by atoms with Crippen molar-refractivity contribution in [2.24, 2.45) is 11.8 Å². The third-order valence-corrected chi connectivity index (χ3v) is 8.84. The smallest absolute Gasteiger partial charge is 0.335 e. The summed E-state index contributed by atoms with van der Waals surface area (Å²) >= 11 is 5.85. The van der Waals surface area contributed by atoms with Crippen LogP contribution in [0.15, 0.2) is 54.6 Å². The number of halogens is 2. The van der Waals surface area contributed by atoms with Crippen molar-refractivity contribution in [1.82, 2.24) is 19.4 Å². The topological polar surface area (TPSA) is 93.0 Å². The molecule has 0 amide bonds. The van der Waals surface area contributed by atoms with Gasteiger partial charge in [0.05, 0.1) is 35.8 Å². The zero-order valence-corrected chi connectivity index (χ0v) is 23.7. The van der Waals surface area contributed by atoms with Crippen LogP contribution in [-0.4, -0.2) is 69.4 Å². The minimum absolute atomic E-state index is 0.0783. The first-order chi connectivity index (χ1) is 20.4. The molecule has 11 heteroatoms. The second kappa shape index (κ2) is 11.2. The number of carboxylic acids is 1. The number of anilines is 1. The van der Waals surface area contributed by atoms with Crippen LogP contribution in [0.25, 0.3) is 11.0 Å². The molecule has 3 unspecified atom stereocenters. The first-order valence-corrected chi connectivity index (χ1v) is 14.6. The van der Waals surface area contributed by atoms with Gasteiger partial charge < -0.3 is 24.0 Å². The van der Waals surface area contributed by atoms with Crippen molar-refractivity contribution in [3.63, 3.8) is 0 Å². The fourth-order valence-electron chi connectivity index (χ4n) is 6.32. The first kappa shape index (κ1) is 27.1. The van der Waals surface area contributed by atoms with E-state index in [4.69, 9.17) is 31.0 Å². The Hall–Kier alpha value is -3.73. The van der Waals surface area contributed by atoms with Gasteiger partial charge in [0.2, 0.25) is 5.88 Å². The fraction of sp³-hybridized carbons (Fsp3) is 0.387. The molecule has 1 N–H and O–H groups in total. The van der Waals surface area contributed by atoms with Crippen LogP contribution >= 0.6 is 11.6 Å². The number of likely N-dealkylation sites (tertiary alicyclic amines) is 1. The number of fused-ring (bicyclic) bond motifs is 2. The first-order valence-electron chi connectivity index (χ1n) is 14.2. The van der Waals surface area contributed by atoms with Crippen molar-refractivity contribution in [3.8, 4) is 5.88 Å². The highest BCUT2D eigenvalue weighted by Crippen LogP contribution is 2.35. The van der Waals surface area contributed by atoms with Crippen LogP contribution in [0.3, 0.4) is 0 Å². The van der Waals surface area contributed by atoms with Gasteiger partial charge in [-0.2, -0.15) is 4.98 Å². The highest BCUT2D eigenvalue weighted by atomic mass is 35.5. The molecule has 42 heavy (non-hydrogen) atoms. The van der Waals surface area contributed by atoms with Crippen LogP contribution in [0, 0.1) is 17.7 Å². The van der Waals surface area contributed by atoms with E-state index in [-0.39, 0.29) is 18.3 Å². The van der Waals surface area contributed by atoms with Crippen molar-refractivity contribution < 1.29 is 23.8 Å². The number of aromatic carboxylic acids is 1. The monoisotopic (exact) mass is 591 g/mol. The number of rotatable bonds is 9. The molecule has 3 fully saturated rings. The second-order valence-electron chi connectivity index (χ2n) is 11.4. The molecule has 3 saturated heterocycles. The van der Waals surface area contributed by atoms with Gasteiger partial charge in [-0.25, -0.2) is 14.2 Å². The van der Waals surface area contributed by atoms with Gasteiger partial charge in [-0.05, 0) is 54.7 Å². The third kappa shape index (κ3) is 5.42. The van der Waals surface area contributed by atoms with Crippen molar-refractivity contribution in [3.05, 3.63) is 82.4 Å². The molecule has 3 aliphatic heterocycles. The van der Waals surface area contributed by atoms with Crippen LogP contribution in [0.4, 0.5) is 10.2 Å². The Morgan fingerprint density at radius 1 is 1.07 bits per heavy atom. The number of hydrogen-bond donors (Lipinski definition) is 1. The summed E-state index contributed by atoms with van der Waals surface area (Å²) in [7, 11) is 0. The molecule has 0 radical (unpaired) electrons. The van der Waals surface area contributed by atoms with E-state index in [9.17, 15) is 14.3 Å². The van der Waals surface area contributed by atoms with Crippen LogP contribution in [0.2, 0.25) is 5.02 Å². The molecule has 0 aliphatic carbocycles. The number of carboxylic acid groups (broad SMARTS) is 1. The average molecular weight is 592 g/mol. The quantitative estimate of drug-likeness (QED) is 0.295. The Balaban J connectivity index is 1.00. The maximum Gasteiger partial charge on any atom is 0.335 e. The van der Waals surface area contributed by atoms with Crippen molar-refractivity contribution in [1.29, 1.82) is 0 Å². The van der Waals surface area contributed by atoms with Gasteiger partial charge in [-0.15, -0.1) is 0 Å². The van der Waals surface area contributed by atoms with Gasteiger partial charge in [0, 0.05) is 49.4 Å². The fourth-order valence-corrected chi connectivity index (χ4v) is 6.48. The Morgan fingerprint density at radius 3 is 2.60 bits per heavy atom. The molecule has 9 nitrogen and oxygen atoms in total. The van der Waals surface area contributed by atoms with Crippen LogP contribution in [-0.2, 0) is 24.4 Å². The lowest BCUT2D eigenvalue weighted by Crippen LogP contribution is -2.33. The average Bonchev–Trinajstić information content (AvgIpc) is 3.61. The lowest BCUT2D eigenvalue weighted by Gasteiger charge is -2.28. The molecule has 4 aromatic rings. The predicted molar refractivity (Wildman–Crippen MR) is 155 cm³/mol. The summed E-state index contributed by atoms with van der Waals surface area (Å²) in [6, 6.07) is 15.4. The van der Waals surface area contributed by atoms with Gasteiger partial charge in [-0.1, -0.05) is 23.7 Å². The van der Waals surface area contributed by atoms with Crippen LogP contribution in [0.5, 0.6) is 5.88 Å². The SMILES string of the molecule is O=C(O)c1ccc2nc(CN3CC4CN(c5cccc(OCc6ccc(Cl)cc6F)n5)CC4C3)n(CC3CCO3)c2c1. The van der Waals surface area contributed by atoms with Gasteiger partial charge >= 0.3 is 5.97 Å². The maximum atomic E-state index is 14.1. The predicted octanol–water partition coefficient (Wildman–Crippen LogP) is 4.86. The molecule has 3 atom stereocenters. The van der Waals surface area contributed by atoms with Gasteiger partial charge in [0.25, 0.3) is 0 Å². The van der Waals surface area contributed by atoms with E-state index >= 15 is 0 Å². The Kier molecular flexibility index (Phi) is 7.21. The third-order valence-electron chi connectivity index (χ3n) is 8.60. The zero-order chi connectivity index (χ0) is 28.8. The number of ether oxygens (including phenoxy) is 2. The van der Waals surface area contributed by atoms with Crippen molar-refractivity contribution in [2.75, 3.05) is 37.7 Å². The highest BCUT2D eigenvalue weighted by molar-refractivity contribution is 6.30. The lowest BCUT2D eigenvalue weighted by atomic mass is 10.0. The second-order valence-corrected chi connectivity index (χ2v) is 11.8. The number of carbonyl (C=O) groups is 1. The van der Waals surface area contributed by atoms with Crippen molar-refractivity contribution >= 4 is 34.4 Å². The molecular formula is C31H31ClFN5O4. The zero-order valence-electron chi connectivity index (χ0n) is 23.0. The van der Waals surface area contributed by atoms with E-state index in [0.717, 1.165) is 61.9 Å². The van der Waals surface area contributed by atoms with Crippen molar-refractivity contribution in [2.45, 2.75) is 32.2 Å².